The molecule has 12 heteroatoms. The van der Waals surface area contributed by atoms with E-state index in [2.05, 4.69) is 485 Å². The zero-order chi connectivity index (χ0) is 94.2. The van der Waals surface area contributed by atoms with E-state index in [4.69, 9.17) is 19.9 Å². The molecule has 0 saturated heterocycles. The van der Waals surface area contributed by atoms with Crippen molar-refractivity contribution < 1.29 is 52.3 Å². The van der Waals surface area contributed by atoms with Gasteiger partial charge in [-0.3, -0.25) is 19.1 Å². The monoisotopic (exact) mass is 2140 g/mol. The van der Waals surface area contributed by atoms with E-state index >= 15 is 0 Å². The smallest absolute Gasteiger partial charge is 0.148 e. The van der Waals surface area contributed by atoms with Crippen molar-refractivity contribution in [2.75, 3.05) is 0 Å². The van der Waals surface area contributed by atoms with Crippen LogP contribution in [0.15, 0.2) is 322 Å². The van der Waals surface area contributed by atoms with Crippen molar-refractivity contribution in [2.24, 2.45) is 0 Å². The van der Waals surface area contributed by atoms with E-state index in [0.29, 0.717) is 22.8 Å². The molecule has 6 heterocycles. The second kappa shape index (κ2) is 35.9. The third-order valence-corrected chi connectivity index (χ3v) is 26.6. The molecule has 20 aromatic rings. The fraction of sp³-hybridized carbons (Fsp3) is 0.226. The van der Waals surface area contributed by atoms with Gasteiger partial charge in [0.2, 0.25) is 0 Å². The van der Waals surface area contributed by atoms with Crippen LogP contribution in [0.2, 0.25) is 0 Å². The summed E-state index contributed by atoms with van der Waals surface area (Å²) in [7, 11) is 0. The summed E-state index contributed by atoms with van der Waals surface area (Å²) in [6.45, 7) is 46.7. The van der Waals surface area contributed by atoms with Crippen molar-refractivity contribution >= 4 is 65.7 Å². The molecule has 10 nitrogen and oxygen atoms in total. The van der Waals surface area contributed by atoms with Crippen LogP contribution in [0, 0.1) is 12.1 Å². The van der Waals surface area contributed by atoms with Crippen LogP contribution < -0.4 is 0 Å². The third-order valence-electron chi connectivity index (χ3n) is 26.6. The molecule has 0 unspecified atom stereocenters. The number of phenolic OH excluding ortho intramolecular Hbond substituents is 2. The van der Waals surface area contributed by atoms with E-state index in [1.54, 1.807) is 0 Å². The Morgan fingerprint density at radius 1 is 0.250 bits per heavy atom. The minimum atomic E-state index is -0.339. The van der Waals surface area contributed by atoms with Gasteiger partial charge in [-0.15, -0.1) is 59.2 Å². The van der Waals surface area contributed by atoms with Gasteiger partial charge >= 0.3 is 0 Å². The maximum atomic E-state index is 12.6. The van der Waals surface area contributed by atoms with Crippen molar-refractivity contribution in [2.45, 2.75) is 183 Å². The number of phenols is 2. The second-order valence-electron chi connectivity index (χ2n) is 43.3. The van der Waals surface area contributed by atoms with Crippen molar-refractivity contribution in [3.8, 4) is 124 Å². The third kappa shape index (κ3) is 17.5. The molecule has 0 aliphatic carbocycles. The minimum absolute atomic E-state index is 0. The predicted octanol–water partition coefficient (Wildman–Crippen LogP) is 32.5. The number of benzene rings is 14. The molecular formula is C124H118N8O2Pt2-2. The van der Waals surface area contributed by atoms with Gasteiger partial charge in [-0.2, -0.15) is 0 Å². The van der Waals surface area contributed by atoms with Gasteiger partial charge in [-0.1, -0.05) is 350 Å². The first-order valence-corrected chi connectivity index (χ1v) is 47.0. The number of fused-ring (bicyclic) bond motifs is 8. The Hall–Kier alpha value is -13.1. The molecule has 688 valence electrons. The zero-order valence-electron chi connectivity index (χ0n) is 81.7. The number of para-hydroxylation sites is 6. The number of aromatic nitrogens is 8. The average molecular weight is 2140 g/mol. The summed E-state index contributed by atoms with van der Waals surface area (Å²) in [5.74, 6) is 1.86. The first-order chi connectivity index (χ1) is 63.8. The molecule has 0 radical (unpaired) electrons. The normalized spacial score (nSPS) is 12.4. The van der Waals surface area contributed by atoms with Gasteiger partial charge in [0, 0.05) is 121 Å². The SMILES string of the molecule is CC(C)(C)c1cc(-c2cccc3c2nc(-c2cc(C(C)(C)C)cc(C(C)(C)C)c2O)n3-c2ccc(C(C)(C)C)cc2-c2ccccc2)[c-]c(-c2nccc3c2c2ccccc2n3-c2ccccc2)c1.CC(C)(C)c1ccc(-n2c(-c3cc(C(C)(C)C)cc(C(C)(C)C)c3O)nc3c(-c4[c-]c(-c5nccc6c5c5ccccc5n6-c5ccccc5)ccc4)cccc32)c(-c2ccccc2)c1.[Pt].[Pt]. The molecule has 0 amide bonds. The van der Waals surface area contributed by atoms with Crippen LogP contribution in [0.5, 0.6) is 11.5 Å². The molecule has 6 aromatic heterocycles. The molecule has 14 aromatic carbocycles. The maximum absolute atomic E-state index is 12.6. The summed E-state index contributed by atoms with van der Waals surface area (Å²) < 4.78 is 9.22. The Labute approximate surface area is 829 Å². The average Bonchev–Trinajstić information content (AvgIpc) is 1.60. The van der Waals surface area contributed by atoms with Gasteiger partial charge in [0.05, 0.1) is 66.6 Å². The fourth-order valence-corrected chi connectivity index (χ4v) is 19.2. The van der Waals surface area contributed by atoms with E-state index in [1.165, 1.54) is 16.7 Å². The number of pyridine rings is 2. The number of hydrogen-bond acceptors (Lipinski definition) is 6. The predicted molar refractivity (Wildman–Crippen MR) is 562 cm³/mol. The number of imidazole rings is 2. The zero-order valence-corrected chi connectivity index (χ0v) is 86.2. The van der Waals surface area contributed by atoms with E-state index in [1.807, 2.05) is 12.4 Å². The molecular weight excluding hydrogens is 2020 g/mol. The van der Waals surface area contributed by atoms with Crippen molar-refractivity contribution in [1.29, 1.82) is 0 Å². The summed E-state index contributed by atoms with van der Waals surface area (Å²) in [5, 5.41) is 29.6. The van der Waals surface area contributed by atoms with Crippen LogP contribution in [0.3, 0.4) is 0 Å². The molecule has 0 fully saturated rings. The van der Waals surface area contributed by atoms with Crippen LogP contribution in [0.25, 0.3) is 178 Å². The van der Waals surface area contributed by atoms with Crippen molar-refractivity contribution in [3.05, 3.63) is 373 Å². The Morgan fingerprint density at radius 2 is 0.581 bits per heavy atom. The van der Waals surface area contributed by atoms with E-state index < -0.39 is 0 Å². The Balaban J connectivity index is 0.000000186. The molecule has 0 atom stereocenters. The molecule has 0 spiro atoms. The van der Waals surface area contributed by atoms with Crippen LogP contribution in [0.4, 0.5) is 0 Å². The van der Waals surface area contributed by atoms with Gasteiger partial charge in [0.15, 0.2) is 0 Å². The molecule has 20 rings (SSSR count). The van der Waals surface area contributed by atoms with E-state index in [-0.39, 0.29) is 91.5 Å². The standard InChI is InChI=1S/C64H63N4O.C60H55N4O.2Pt/c1-61(2,3)43-30-31-53(49(37-43)40-22-15-13-16-23-40)68-55-29-21-27-47(58(55)66-60(68)50-38-45(63(7,8)9)39-51(59(50)69)64(10,11)12)41-34-42(36-44(35-41)62(4,5)6)57-56-48-26-19-20-28-52(48)67(54(56)32-33-65-57)46-24-17-14-18-25-46;1-58(2,3)41-30-31-50(46(35-41)38-20-12-10-13-21-38)64-52-29-19-27-44(55(52)62-57(64)47-36-42(59(4,5)6)37-48(56(47)65)60(7,8)9)39-22-18-23-40(34-39)54-53-45-26-16-17-28-49(45)63(51(53)32-33-61-54)43-24-14-11-15-25-43;;/h13-33,35-39,69H,1-12H3;10-33,35-37,65H,1-9H3;;/q2*-1;;. The largest absolute Gasteiger partial charge is 0.507 e. The molecule has 0 saturated carbocycles. The summed E-state index contributed by atoms with van der Waals surface area (Å²) in [4.78, 5) is 21.6. The second-order valence-corrected chi connectivity index (χ2v) is 43.3. The van der Waals surface area contributed by atoms with Crippen LogP contribution in [-0.2, 0) is 80.0 Å². The van der Waals surface area contributed by atoms with Gasteiger partial charge in [-0.05, 0) is 168 Å². The van der Waals surface area contributed by atoms with Crippen LogP contribution in [0.1, 0.15) is 184 Å². The molecule has 2 N–H and O–H groups in total. The van der Waals surface area contributed by atoms with Gasteiger partial charge in [0.25, 0.3) is 0 Å². The van der Waals surface area contributed by atoms with Crippen molar-refractivity contribution in [3.63, 3.8) is 0 Å². The summed E-state index contributed by atoms with van der Waals surface area (Å²) >= 11 is 0. The first kappa shape index (κ1) is 94.7. The fourth-order valence-electron chi connectivity index (χ4n) is 19.2. The number of nitrogens with zero attached hydrogens (tertiary/aromatic N) is 8. The number of rotatable bonds is 12. The topological polar surface area (TPSA) is 112 Å². The quantitative estimate of drug-likeness (QED) is 0.118. The van der Waals surface area contributed by atoms with E-state index in [0.717, 1.165) is 178 Å². The Bertz CT molecular complexity index is 7960. The summed E-state index contributed by atoms with van der Waals surface area (Å²) in [5.41, 5.74) is 31.5. The maximum Gasteiger partial charge on any atom is 0.148 e. The van der Waals surface area contributed by atoms with E-state index in [9.17, 15) is 10.2 Å². The van der Waals surface area contributed by atoms with Gasteiger partial charge in [-0.25, -0.2) is 9.97 Å². The number of hydrogen-bond donors (Lipinski definition) is 2. The molecule has 0 aliphatic rings. The van der Waals surface area contributed by atoms with Gasteiger partial charge < -0.3 is 19.3 Å². The summed E-state index contributed by atoms with van der Waals surface area (Å²) in [6, 6.07) is 118. The Kier molecular flexibility index (Phi) is 25.0. The minimum Gasteiger partial charge on any atom is -0.507 e. The summed E-state index contributed by atoms with van der Waals surface area (Å²) in [6.07, 6.45) is 3.84. The van der Waals surface area contributed by atoms with Gasteiger partial charge in [0.1, 0.15) is 23.1 Å². The molecule has 136 heavy (non-hydrogen) atoms. The van der Waals surface area contributed by atoms with Crippen LogP contribution in [-0.4, -0.2) is 48.4 Å². The molecule has 0 aliphatic heterocycles. The number of aromatic hydroxyl groups is 2. The Morgan fingerprint density at radius 3 is 0.985 bits per heavy atom. The van der Waals surface area contributed by atoms with Crippen LogP contribution >= 0.6 is 0 Å². The van der Waals surface area contributed by atoms with Crippen molar-refractivity contribution in [1.82, 2.24) is 38.2 Å². The first-order valence-electron chi connectivity index (χ1n) is 47.0. The molecule has 0 bridgehead atoms.